The van der Waals surface area contributed by atoms with Gasteiger partial charge in [0.05, 0.1) is 11.6 Å². The van der Waals surface area contributed by atoms with E-state index >= 15 is 0 Å². The molecule has 0 saturated heterocycles. The van der Waals surface area contributed by atoms with Gasteiger partial charge in [-0.2, -0.15) is 5.26 Å². The Balaban J connectivity index is 1.02. The van der Waals surface area contributed by atoms with Gasteiger partial charge in [0.2, 0.25) is 0 Å². The molecule has 0 bridgehead atoms. The summed E-state index contributed by atoms with van der Waals surface area (Å²) in [7, 11) is 0. The molecule has 1 aromatic heterocycles. The molecule has 5 aliphatic carbocycles. The Morgan fingerprint density at radius 2 is 1.21 bits per heavy atom. The van der Waals surface area contributed by atoms with Gasteiger partial charge in [0, 0.05) is 27.5 Å². The molecule has 6 aromatic rings. The number of aromatic nitrogens is 3. The smallest absolute Gasteiger partial charge is 0.164 e. The lowest BCUT2D eigenvalue weighted by Crippen LogP contribution is -2.68. The molecule has 4 nitrogen and oxygen atoms in total. The number of nitrogens with zero attached hydrogens (tertiary/aromatic N) is 4. The molecule has 0 aliphatic heterocycles. The summed E-state index contributed by atoms with van der Waals surface area (Å²) >= 11 is 0. The first-order chi connectivity index (χ1) is 25.5. The number of fused-ring (bicyclic) bond motifs is 5. The number of nitriles is 1. The highest BCUT2D eigenvalue weighted by Gasteiger charge is 2.75. The Morgan fingerprint density at radius 3 is 1.90 bits per heavy atom. The van der Waals surface area contributed by atoms with E-state index in [-0.39, 0.29) is 5.41 Å². The molecule has 4 saturated carbocycles. The van der Waals surface area contributed by atoms with Gasteiger partial charge < -0.3 is 0 Å². The lowest BCUT2D eigenvalue weighted by Gasteiger charge is -2.72. The van der Waals surface area contributed by atoms with Gasteiger partial charge in [-0.1, -0.05) is 105 Å². The SMILES string of the molecule is CC12[C@@H]3CC[C@H]1CC2(c1ccc(-c2ccc4c(c2)-c2cccc(-c5nc(-c6ccccc6)nc(-c6ccc(C#N)cc6)n5)c2C42CCCC2)cc1)C3. The number of hydrogen-bond donors (Lipinski definition) is 0. The van der Waals surface area contributed by atoms with Gasteiger partial charge in [0.25, 0.3) is 0 Å². The summed E-state index contributed by atoms with van der Waals surface area (Å²) < 4.78 is 0. The molecule has 4 atom stereocenters. The zero-order valence-corrected chi connectivity index (χ0v) is 29.6. The monoisotopic (exact) mass is 672 g/mol. The summed E-state index contributed by atoms with van der Waals surface area (Å²) in [6.45, 7) is 2.59. The maximum absolute atomic E-state index is 9.43. The van der Waals surface area contributed by atoms with Crippen molar-refractivity contribution in [2.45, 2.75) is 69.1 Å². The maximum atomic E-state index is 9.43. The van der Waals surface area contributed by atoms with Gasteiger partial charge in [-0.05, 0) is 125 Å². The third kappa shape index (κ3) is 3.94. The van der Waals surface area contributed by atoms with Crippen LogP contribution in [0, 0.1) is 28.6 Å². The highest BCUT2D eigenvalue weighted by molar-refractivity contribution is 5.90. The summed E-state index contributed by atoms with van der Waals surface area (Å²) in [4.78, 5) is 15.3. The number of rotatable bonds is 5. The normalized spacial score (nSPS) is 25.5. The van der Waals surface area contributed by atoms with Crippen molar-refractivity contribution < 1.29 is 0 Å². The van der Waals surface area contributed by atoms with Crippen molar-refractivity contribution in [1.82, 2.24) is 15.0 Å². The Bertz CT molecular complexity index is 2430. The van der Waals surface area contributed by atoms with E-state index in [0.717, 1.165) is 41.4 Å². The molecular formula is C48H40N4. The minimum Gasteiger partial charge on any atom is -0.208 e. The molecule has 4 heteroatoms. The standard InChI is InChI=1S/C48H40N4/c1-46-36-21-22-37(46)28-48(46,27-36)35-19-16-31(17-20-35)34-18-23-41-40(26-34)38-10-7-11-39(42(38)47(41)24-5-6-25-47)45-51-43(32-8-3-2-4-9-32)50-44(52-45)33-14-12-30(29-49)13-15-33/h2-4,7-20,23,26,36-37H,5-6,21-22,24-25,27-28H2,1H3/t36-,37+,46?,48?. The van der Waals surface area contributed by atoms with Crippen LogP contribution in [0.5, 0.6) is 0 Å². The third-order valence-electron chi connectivity index (χ3n) is 14.6. The zero-order chi connectivity index (χ0) is 34.7. The maximum Gasteiger partial charge on any atom is 0.164 e. The summed E-state index contributed by atoms with van der Waals surface area (Å²) in [6, 6.07) is 43.6. The van der Waals surface area contributed by atoms with Crippen LogP contribution in [-0.4, -0.2) is 15.0 Å². The number of benzene rings is 5. The average Bonchev–Trinajstić information content (AvgIpc) is 3.79. The second-order valence-corrected chi connectivity index (χ2v) is 16.5. The van der Waals surface area contributed by atoms with E-state index < -0.39 is 0 Å². The van der Waals surface area contributed by atoms with Crippen molar-refractivity contribution in [3.05, 3.63) is 138 Å². The van der Waals surface area contributed by atoms with Crippen molar-refractivity contribution in [3.8, 4) is 62.5 Å². The van der Waals surface area contributed by atoms with Crippen LogP contribution in [0.3, 0.4) is 0 Å². The molecule has 2 unspecified atom stereocenters. The van der Waals surface area contributed by atoms with Crippen LogP contribution < -0.4 is 0 Å². The first-order valence-corrected chi connectivity index (χ1v) is 19.2. The van der Waals surface area contributed by atoms with Crippen LogP contribution in [0.25, 0.3) is 56.4 Å². The van der Waals surface area contributed by atoms with Crippen LogP contribution in [0.15, 0.2) is 115 Å². The second kappa shape index (κ2) is 10.8. The quantitative estimate of drug-likeness (QED) is 0.183. The molecule has 5 aliphatic rings. The van der Waals surface area contributed by atoms with Gasteiger partial charge in [-0.15, -0.1) is 0 Å². The van der Waals surface area contributed by atoms with Crippen LogP contribution in [0.4, 0.5) is 0 Å². The minimum absolute atomic E-state index is 0.0603. The largest absolute Gasteiger partial charge is 0.208 e. The Hall–Kier alpha value is -5.40. The van der Waals surface area contributed by atoms with Crippen LogP contribution in [0.2, 0.25) is 0 Å². The predicted molar refractivity (Wildman–Crippen MR) is 206 cm³/mol. The molecule has 0 radical (unpaired) electrons. The Kier molecular flexibility index (Phi) is 6.29. The molecule has 52 heavy (non-hydrogen) atoms. The zero-order valence-electron chi connectivity index (χ0n) is 29.6. The van der Waals surface area contributed by atoms with E-state index in [1.165, 1.54) is 71.9 Å². The van der Waals surface area contributed by atoms with Crippen molar-refractivity contribution in [1.29, 1.82) is 5.26 Å². The Morgan fingerprint density at radius 1 is 0.596 bits per heavy atom. The molecule has 11 rings (SSSR count). The molecular weight excluding hydrogens is 633 g/mol. The van der Waals surface area contributed by atoms with Gasteiger partial charge in [-0.3, -0.25) is 0 Å². The highest BCUT2D eigenvalue weighted by atomic mass is 15.0. The molecule has 252 valence electrons. The van der Waals surface area contributed by atoms with Gasteiger partial charge in [-0.25, -0.2) is 15.0 Å². The fourth-order valence-corrected chi connectivity index (χ4v) is 11.9. The minimum atomic E-state index is -0.0603. The van der Waals surface area contributed by atoms with E-state index in [1.54, 1.807) is 5.56 Å². The topological polar surface area (TPSA) is 62.5 Å². The molecule has 4 fully saturated rings. The van der Waals surface area contributed by atoms with Crippen LogP contribution >= 0.6 is 0 Å². The lowest BCUT2D eigenvalue weighted by atomic mass is 9.31. The lowest BCUT2D eigenvalue weighted by molar-refractivity contribution is -0.176. The van der Waals surface area contributed by atoms with E-state index in [2.05, 4.69) is 85.8 Å². The fraction of sp³-hybridized carbons (Fsp3) is 0.292. The van der Waals surface area contributed by atoms with Gasteiger partial charge in [0.15, 0.2) is 17.5 Å². The van der Waals surface area contributed by atoms with Gasteiger partial charge >= 0.3 is 0 Å². The highest BCUT2D eigenvalue weighted by Crippen LogP contribution is 2.81. The van der Waals surface area contributed by atoms with Crippen molar-refractivity contribution in [2.24, 2.45) is 17.3 Å². The first-order valence-electron chi connectivity index (χ1n) is 19.2. The summed E-state index contributed by atoms with van der Waals surface area (Å²) in [5, 5.41) is 9.43. The molecule has 1 spiro atoms. The van der Waals surface area contributed by atoms with E-state index in [4.69, 9.17) is 15.0 Å². The van der Waals surface area contributed by atoms with Gasteiger partial charge in [0.1, 0.15) is 0 Å². The first kappa shape index (κ1) is 30.2. The molecule has 5 aromatic carbocycles. The van der Waals surface area contributed by atoms with Crippen LogP contribution in [0.1, 0.15) is 80.5 Å². The molecule has 0 N–H and O–H groups in total. The van der Waals surface area contributed by atoms with E-state index in [9.17, 15) is 5.26 Å². The van der Waals surface area contributed by atoms with Crippen molar-refractivity contribution in [2.75, 3.05) is 0 Å². The molecule has 0 amide bonds. The fourth-order valence-electron chi connectivity index (χ4n) is 11.9. The van der Waals surface area contributed by atoms with E-state index in [1.807, 2.05) is 42.5 Å². The van der Waals surface area contributed by atoms with Crippen LogP contribution in [-0.2, 0) is 10.8 Å². The summed E-state index contributed by atoms with van der Waals surface area (Å²) in [6.07, 6.45) is 10.3. The summed E-state index contributed by atoms with van der Waals surface area (Å²) in [5.41, 5.74) is 14.1. The summed E-state index contributed by atoms with van der Waals surface area (Å²) in [5.74, 6) is 3.86. The van der Waals surface area contributed by atoms with Crippen molar-refractivity contribution >= 4 is 0 Å². The Labute approximate surface area is 305 Å². The predicted octanol–water partition coefficient (Wildman–Crippen LogP) is 11.3. The van der Waals surface area contributed by atoms with E-state index in [0.29, 0.717) is 33.9 Å². The van der Waals surface area contributed by atoms with Crippen molar-refractivity contribution in [3.63, 3.8) is 0 Å². The molecule has 1 heterocycles. The third-order valence-corrected chi connectivity index (χ3v) is 14.6. The second-order valence-electron chi connectivity index (χ2n) is 16.5. The average molecular weight is 673 g/mol. The number of hydrogen-bond acceptors (Lipinski definition) is 4.